The molecule has 0 saturated heterocycles. The zero-order valence-corrected chi connectivity index (χ0v) is 18.1. The van der Waals surface area contributed by atoms with Crippen LogP contribution in [-0.4, -0.2) is 72.1 Å². The third kappa shape index (κ3) is 24.1. The van der Waals surface area contributed by atoms with Crippen LogP contribution in [0.2, 0.25) is 0 Å². The van der Waals surface area contributed by atoms with Gasteiger partial charge < -0.3 is 30.0 Å². The largest absolute Gasteiger partial charge is 2.00 e. The fraction of sp³-hybridized carbons (Fsp3) is 0.889. The topological polar surface area (TPSA) is 121 Å². The summed E-state index contributed by atoms with van der Waals surface area (Å²) in [5, 5.41) is 37.8. The van der Waals surface area contributed by atoms with Gasteiger partial charge in [-0.05, 0) is 12.8 Å². The number of carboxylic acids is 2. The van der Waals surface area contributed by atoms with E-state index in [2.05, 4.69) is 13.8 Å². The number of aliphatic hydroxyl groups excluding tert-OH is 2. The zero-order valence-electron chi connectivity index (χ0n) is 15.9. The standard InChI is InChI=1S/2C9H18O3.Ca/c2*1-2-3-4-5-6-7-8(10)9(11)12;/h2*8,10H,2-7H2,1H3,(H,11,12);/q;;+2/p-2. The van der Waals surface area contributed by atoms with Crippen molar-refractivity contribution >= 4 is 49.7 Å². The average molecular weight is 387 g/mol. The van der Waals surface area contributed by atoms with Crippen molar-refractivity contribution in [1.29, 1.82) is 0 Å². The molecule has 0 aromatic rings. The van der Waals surface area contributed by atoms with Crippen LogP contribution in [0.1, 0.15) is 90.9 Å². The molecule has 0 aliphatic carbocycles. The molecule has 0 aliphatic heterocycles. The van der Waals surface area contributed by atoms with Crippen molar-refractivity contribution in [1.82, 2.24) is 0 Å². The molecular weight excluding hydrogens is 352 g/mol. The van der Waals surface area contributed by atoms with E-state index in [0.29, 0.717) is 12.8 Å². The second-order valence-electron chi connectivity index (χ2n) is 6.08. The minimum absolute atomic E-state index is 0. The van der Waals surface area contributed by atoms with Crippen molar-refractivity contribution in [2.45, 2.75) is 103 Å². The first-order valence-corrected chi connectivity index (χ1v) is 9.14. The normalized spacial score (nSPS) is 12.3. The Hall–Kier alpha value is 0.120. The molecule has 7 heteroatoms. The fourth-order valence-corrected chi connectivity index (χ4v) is 2.12. The fourth-order valence-electron chi connectivity index (χ4n) is 2.12. The van der Waals surface area contributed by atoms with Gasteiger partial charge in [0.25, 0.3) is 0 Å². The maximum Gasteiger partial charge on any atom is 2.00 e. The Kier molecular flexibility index (Phi) is 26.5. The van der Waals surface area contributed by atoms with Crippen molar-refractivity contribution in [2.75, 3.05) is 0 Å². The number of hydrogen-bond donors (Lipinski definition) is 2. The first-order valence-electron chi connectivity index (χ1n) is 9.14. The second-order valence-corrected chi connectivity index (χ2v) is 6.08. The van der Waals surface area contributed by atoms with Crippen molar-refractivity contribution in [3.05, 3.63) is 0 Å². The number of carbonyl (C=O) groups is 2. The summed E-state index contributed by atoms with van der Waals surface area (Å²) in [7, 11) is 0. The molecular formula is C18H34CaO6. The predicted molar refractivity (Wildman–Crippen MR) is 94.5 cm³/mol. The van der Waals surface area contributed by atoms with Gasteiger partial charge >= 0.3 is 37.7 Å². The van der Waals surface area contributed by atoms with E-state index in [1.807, 2.05) is 0 Å². The summed E-state index contributed by atoms with van der Waals surface area (Å²) in [4.78, 5) is 20.1. The minimum atomic E-state index is -1.36. The second kappa shape index (κ2) is 22.2. The molecule has 6 nitrogen and oxygen atoms in total. The molecule has 0 saturated carbocycles. The molecule has 2 unspecified atom stereocenters. The van der Waals surface area contributed by atoms with Gasteiger partial charge in [0.1, 0.15) is 0 Å². The average Bonchev–Trinajstić information content (AvgIpc) is 2.54. The Labute approximate surface area is 182 Å². The molecule has 2 atom stereocenters. The van der Waals surface area contributed by atoms with Crippen molar-refractivity contribution in [3.63, 3.8) is 0 Å². The van der Waals surface area contributed by atoms with Crippen LogP contribution in [0.5, 0.6) is 0 Å². The summed E-state index contributed by atoms with van der Waals surface area (Å²) in [6.07, 6.45) is 8.60. The van der Waals surface area contributed by atoms with E-state index < -0.39 is 24.1 Å². The summed E-state index contributed by atoms with van der Waals surface area (Å²) < 4.78 is 0. The molecule has 144 valence electrons. The van der Waals surface area contributed by atoms with Crippen LogP contribution in [0.15, 0.2) is 0 Å². The maximum absolute atomic E-state index is 10.1. The minimum Gasteiger partial charge on any atom is -0.547 e. The third-order valence-corrected chi connectivity index (χ3v) is 3.71. The number of aliphatic carboxylic acids is 2. The van der Waals surface area contributed by atoms with Gasteiger partial charge in [-0.1, -0.05) is 78.1 Å². The quantitative estimate of drug-likeness (QED) is 0.332. The van der Waals surface area contributed by atoms with Crippen molar-refractivity contribution in [2.24, 2.45) is 0 Å². The molecule has 0 aliphatic rings. The summed E-state index contributed by atoms with van der Waals surface area (Å²) in [6.45, 7) is 4.24. The molecule has 0 bridgehead atoms. The van der Waals surface area contributed by atoms with Crippen LogP contribution < -0.4 is 10.2 Å². The van der Waals surface area contributed by atoms with E-state index >= 15 is 0 Å². The summed E-state index contributed by atoms with van der Waals surface area (Å²) >= 11 is 0. The van der Waals surface area contributed by atoms with Gasteiger partial charge in [-0.3, -0.25) is 0 Å². The van der Waals surface area contributed by atoms with Crippen LogP contribution in [0, 0.1) is 0 Å². The molecule has 0 radical (unpaired) electrons. The van der Waals surface area contributed by atoms with Crippen molar-refractivity contribution in [3.8, 4) is 0 Å². The van der Waals surface area contributed by atoms with Crippen LogP contribution in [0.3, 0.4) is 0 Å². The first-order chi connectivity index (χ1) is 11.4. The third-order valence-electron chi connectivity index (χ3n) is 3.71. The molecule has 0 amide bonds. The Morgan fingerprint density at radius 2 is 0.960 bits per heavy atom. The number of carbonyl (C=O) groups excluding carboxylic acids is 2. The van der Waals surface area contributed by atoms with Gasteiger partial charge in [-0.2, -0.15) is 0 Å². The van der Waals surface area contributed by atoms with E-state index in [0.717, 1.165) is 38.5 Å². The summed E-state index contributed by atoms with van der Waals surface area (Å²) in [5.41, 5.74) is 0. The molecule has 0 fully saturated rings. The van der Waals surface area contributed by atoms with Gasteiger partial charge in [-0.25, -0.2) is 0 Å². The molecule has 25 heavy (non-hydrogen) atoms. The Balaban J connectivity index is -0.000000372. The summed E-state index contributed by atoms with van der Waals surface area (Å²) in [5.74, 6) is -2.71. The Morgan fingerprint density at radius 3 is 1.20 bits per heavy atom. The van der Waals surface area contributed by atoms with Gasteiger partial charge in [0.15, 0.2) is 0 Å². The van der Waals surface area contributed by atoms with E-state index in [1.54, 1.807) is 0 Å². The molecule has 0 aromatic heterocycles. The molecule has 0 heterocycles. The first kappa shape index (κ1) is 29.9. The van der Waals surface area contributed by atoms with Gasteiger partial charge in [-0.15, -0.1) is 0 Å². The van der Waals surface area contributed by atoms with E-state index in [-0.39, 0.29) is 37.7 Å². The molecule has 0 aromatic carbocycles. The van der Waals surface area contributed by atoms with Crippen LogP contribution >= 0.6 is 0 Å². The van der Waals surface area contributed by atoms with E-state index in [1.165, 1.54) is 25.7 Å². The number of carboxylic acid groups (broad SMARTS) is 2. The number of aliphatic hydroxyl groups is 2. The van der Waals surface area contributed by atoms with Crippen LogP contribution in [-0.2, 0) is 9.59 Å². The zero-order chi connectivity index (χ0) is 18.8. The maximum atomic E-state index is 10.1. The van der Waals surface area contributed by atoms with Gasteiger partial charge in [0, 0.05) is 0 Å². The van der Waals surface area contributed by atoms with Crippen LogP contribution in [0.4, 0.5) is 0 Å². The van der Waals surface area contributed by atoms with Crippen LogP contribution in [0.25, 0.3) is 0 Å². The number of unbranched alkanes of at least 4 members (excludes halogenated alkanes) is 8. The van der Waals surface area contributed by atoms with E-state index in [9.17, 15) is 19.8 Å². The predicted octanol–water partition coefficient (Wildman–Crippen LogP) is 0.535. The Morgan fingerprint density at radius 1 is 0.680 bits per heavy atom. The SMILES string of the molecule is CCCCCCCC(O)C(=O)[O-].CCCCCCCC(O)C(=O)[O-].[Ca+2]. The monoisotopic (exact) mass is 386 g/mol. The van der Waals surface area contributed by atoms with Crippen molar-refractivity contribution < 1.29 is 30.0 Å². The van der Waals surface area contributed by atoms with Gasteiger partial charge in [0.2, 0.25) is 0 Å². The molecule has 0 spiro atoms. The van der Waals surface area contributed by atoms with Gasteiger partial charge in [0.05, 0.1) is 24.1 Å². The summed E-state index contributed by atoms with van der Waals surface area (Å²) in [6, 6.07) is 0. The molecule has 0 rings (SSSR count). The number of rotatable bonds is 14. The number of hydrogen-bond acceptors (Lipinski definition) is 6. The molecule has 2 N–H and O–H groups in total. The van der Waals surface area contributed by atoms with E-state index in [4.69, 9.17) is 10.2 Å². The Bertz CT molecular complexity index is 282. The smallest absolute Gasteiger partial charge is 0.547 e.